The van der Waals surface area contributed by atoms with Crippen LogP contribution in [0.15, 0.2) is 32.0 Å². The third-order valence-corrected chi connectivity index (χ3v) is 5.30. The molecule has 0 spiro atoms. The Balaban J connectivity index is 2.16. The number of halogens is 2. The van der Waals surface area contributed by atoms with Gasteiger partial charge in [0.1, 0.15) is 5.76 Å². The molecule has 0 bridgehead atoms. The summed E-state index contributed by atoms with van der Waals surface area (Å²) in [5, 5.41) is 0.447. The normalized spacial score (nSPS) is 11.8. The van der Waals surface area contributed by atoms with Gasteiger partial charge in [0.25, 0.3) is 0 Å². The molecule has 0 amide bonds. The van der Waals surface area contributed by atoms with Gasteiger partial charge < -0.3 is 4.42 Å². The molecular formula is C12H12BrClN2O3S. The predicted molar refractivity (Wildman–Crippen MR) is 79.2 cm³/mol. The van der Waals surface area contributed by atoms with Crippen molar-refractivity contribution in [2.24, 2.45) is 0 Å². The first kappa shape index (κ1) is 15.5. The predicted octanol–water partition coefficient (Wildman–Crippen LogP) is 3.19. The van der Waals surface area contributed by atoms with Crippen molar-refractivity contribution < 1.29 is 12.8 Å². The molecule has 0 fully saturated rings. The van der Waals surface area contributed by atoms with Crippen molar-refractivity contribution in [1.82, 2.24) is 9.71 Å². The number of hydrogen-bond donors (Lipinski definition) is 1. The Morgan fingerprint density at radius 2 is 2.10 bits per heavy atom. The average molecular weight is 380 g/mol. The van der Waals surface area contributed by atoms with Crippen molar-refractivity contribution in [3.8, 4) is 0 Å². The second-order valence-electron chi connectivity index (χ2n) is 4.15. The molecular weight excluding hydrogens is 368 g/mol. The molecule has 0 unspecified atom stereocenters. The number of rotatable bonds is 4. The lowest BCUT2D eigenvalue weighted by Crippen LogP contribution is -2.23. The fourth-order valence-electron chi connectivity index (χ4n) is 1.50. The Morgan fingerprint density at radius 3 is 2.65 bits per heavy atom. The number of hydrogen-bond acceptors (Lipinski definition) is 4. The molecule has 1 N–H and O–H groups in total. The molecule has 1 aromatic heterocycles. The molecule has 1 heterocycles. The fourth-order valence-corrected chi connectivity index (χ4v) is 3.15. The Bertz CT molecular complexity index is 724. The summed E-state index contributed by atoms with van der Waals surface area (Å²) in [6, 6.07) is 4.39. The number of oxazole rings is 1. The second-order valence-corrected chi connectivity index (χ2v) is 7.18. The molecule has 108 valence electrons. The van der Waals surface area contributed by atoms with Crippen LogP contribution in [0.5, 0.6) is 0 Å². The highest BCUT2D eigenvalue weighted by Crippen LogP contribution is 2.25. The standard InChI is InChI=1S/C12H12BrClN2O3S/c1-7-8(2)19-12(16-7)6-15-20(17,18)9-3-4-11(14)10(13)5-9/h3-5,15H,6H2,1-2H3. The van der Waals surface area contributed by atoms with Crippen molar-refractivity contribution in [1.29, 1.82) is 0 Å². The summed E-state index contributed by atoms with van der Waals surface area (Å²) in [7, 11) is -3.64. The zero-order valence-corrected chi connectivity index (χ0v) is 13.9. The van der Waals surface area contributed by atoms with Crippen LogP contribution in [0, 0.1) is 13.8 Å². The number of aromatic nitrogens is 1. The Hall–Kier alpha value is -0.890. The maximum Gasteiger partial charge on any atom is 0.241 e. The highest BCUT2D eigenvalue weighted by Gasteiger charge is 2.16. The van der Waals surface area contributed by atoms with Crippen LogP contribution in [-0.4, -0.2) is 13.4 Å². The third-order valence-electron chi connectivity index (χ3n) is 2.69. The molecule has 0 saturated carbocycles. The van der Waals surface area contributed by atoms with E-state index in [0.717, 1.165) is 5.69 Å². The van der Waals surface area contributed by atoms with E-state index in [-0.39, 0.29) is 11.4 Å². The molecule has 8 heteroatoms. The molecule has 0 saturated heterocycles. The van der Waals surface area contributed by atoms with E-state index in [0.29, 0.717) is 21.1 Å². The summed E-state index contributed by atoms with van der Waals surface area (Å²) in [6.07, 6.45) is 0. The lowest BCUT2D eigenvalue weighted by Gasteiger charge is -2.06. The van der Waals surface area contributed by atoms with Crippen LogP contribution in [0.3, 0.4) is 0 Å². The van der Waals surface area contributed by atoms with Crippen molar-refractivity contribution in [3.63, 3.8) is 0 Å². The van der Waals surface area contributed by atoms with Gasteiger partial charge in [0, 0.05) is 4.47 Å². The zero-order valence-electron chi connectivity index (χ0n) is 10.8. The number of sulfonamides is 1. The number of aryl methyl sites for hydroxylation is 2. The Kier molecular flexibility index (Phi) is 4.53. The Morgan fingerprint density at radius 1 is 1.40 bits per heavy atom. The average Bonchev–Trinajstić information content (AvgIpc) is 2.70. The van der Waals surface area contributed by atoms with Crippen molar-refractivity contribution >= 4 is 37.6 Å². The highest BCUT2D eigenvalue weighted by molar-refractivity contribution is 9.10. The lowest BCUT2D eigenvalue weighted by atomic mass is 10.4. The summed E-state index contributed by atoms with van der Waals surface area (Å²) in [4.78, 5) is 4.23. The monoisotopic (exact) mass is 378 g/mol. The van der Waals surface area contributed by atoms with Gasteiger partial charge in [-0.1, -0.05) is 11.6 Å². The van der Waals surface area contributed by atoms with Crippen molar-refractivity contribution in [2.75, 3.05) is 0 Å². The number of benzene rings is 1. The molecule has 0 aliphatic carbocycles. The van der Waals surface area contributed by atoms with Crippen LogP contribution < -0.4 is 4.72 Å². The van der Waals surface area contributed by atoms with Gasteiger partial charge in [-0.3, -0.25) is 0 Å². The molecule has 2 aromatic rings. The SMILES string of the molecule is Cc1nc(CNS(=O)(=O)c2ccc(Cl)c(Br)c2)oc1C. The topological polar surface area (TPSA) is 72.2 Å². The highest BCUT2D eigenvalue weighted by atomic mass is 79.9. The first-order chi connectivity index (χ1) is 9.29. The van der Waals surface area contributed by atoms with E-state index >= 15 is 0 Å². The van der Waals surface area contributed by atoms with E-state index in [1.165, 1.54) is 18.2 Å². The van der Waals surface area contributed by atoms with E-state index in [2.05, 4.69) is 25.6 Å². The summed E-state index contributed by atoms with van der Waals surface area (Å²) in [6.45, 7) is 3.57. The van der Waals surface area contributed by atoms with Crippen LogP contribution in [0.25, 0.3) is 0 Å². The Labute approximate surface area is 130 Å². The third kappa shape index (κ3) is 3.41. The van der Waals surface area contributed by atoms with Crippen LogP contribution in [0.1, 0.15) is 17.3 Å². The molecule has 0 aliphatic heterocycles. The molecule has 5 nitrogen and oxygen atoms in total. The van der Waals surface area contributed by atoms with Crippen LogP contribution >= 0.6 is 27.5 Å². The molecule has 0 aliphatic rings. The number of nitrogens with one attached hydrogen (secondary N) is 1. The molecule has 0 atom stereocenters. The van der Waals surface area contributed by atoms with Crippen LogP contribution in [-0.2, 0) is 16.6 Å². The minimum atomic E-state index is -3.64. The summed E-state index contributed by atoms with van der Waals surface area (Å²) in [5.74, 6) is 1.00. The van der Waals surface area contributed by atoms with Gasteiger partial charge in [-0.15, -0.1) is 0 Å². The summed E-state index contributed by atoms with van der Waals surface area (Å²) in [5.41, 5.74) is 0.744. The van der Waals surface area contributed by atoms with Gasteiger partial charge in [0.05, 0.1) is 22.2 Å². The van der Waals surface area contributed by atoms with Gasteiger partial charge in [0.2, 0.25) is 15.9 Å². The summed E-state index contributed by atoms with van der Waals surface area (Å²) < 4.78 is 32.5. The van der Waals surface area contributed by atoms with Crippen molar-refractivity contribution in [2.45, 2.75) is 25.3 Å². The van der Waals surface area contributed by atoms with Gasteiger partial charge in [-0.05, 0) is 48.0 Å². The molecule has 2 rings (SSSR count). The molecule has 1 aromatic carbocycles. The maximum absolute atomic E-state index is 12.1. The molecule has 20 heavy (non-hydrogen) atoms. The van der Waals surface area contributed by atoms with Crippen molar-refractivity contribution in [3.05, 3.63) is 45.0 Å². The van der Waals surface area contributed by atoms with Crippen LogP contribution in [0.4, 0.5) is 0 Å². The smallest absolute Gasteiger partial charge is 0.241 e. The second kappa shape index (κ2) is 5.85. The quantitative estimate of drug-likeness (QED) is 0.885. The minimum Gasteiger partial charge on any atom is -0.444 e. The van der Waals surface area contributed by atoms with Gasteiger partial charge in [-0.2, -0.15) is 0 Å². The fraction of sp³-hybridized carbons (Fsp3) is 0.250. The van der Waals surface area contributed by atoms with E-state index in [4.69, 9.17) is 16.0 Å². The van der Waals surface area contributed by atoms with E-state index in [1.54, 1.807) is 13.8 Å². The largest absolute Gasteiger partial charge is 0.444 e. The van der Waals surface area contributed by atoms with E-state index in [1.807, 2.05) is 0 Å². The minimum absolute atomic E-state index is 0.00272. The summed E-state index contributed by atoms with van der Waals surface area (Å²) >= 11 is 9.03. The van der Waals surface area contributed by atoms with Gasteiger partial charge in [0.15, 0.2) is 0 Å². The lowest BCUT2D eigenvalue weighted by molar-refractivity contribution is 0.463. The first-order valence-electron chi connectivity index (χ1n) is 5.67. The maximum atomic E-state index is 12.1. The van der Waals surface area contributed by atoms with E-state index in [9.17, 15) is 8.42 Å². The number of nitrogens with zero attached hydrogens (tertiary/aromatic N) is 1. The first-order valence-corrected chi connectivity index (χ1v) is 8.32. The molecule has 0 radical (unpaired) electrons. The van der Waals surface area contributed by atoms with E-state index < -0.39 is 10.0 Å². The van der Waals surface area contributed by atoms with Crippen LogP contribution in [0.2, 0.25) is 5.02 Å². The zero-order chi connectivity index (χ0) is 14.9. The van der Waals surface area contributed by atoms with Gasteiger partial charge in [-0.25, -0.2) is 18.1 Å². The van der Waals surface area contributed by atoms with Gasteiger partial charge >= 0.3 is 0 Å².